The van der Waals surface area contributed by atoms with Crippen LogP contribution in [0.3, 0.4) is 0 Å². The fourth-order valence-corrected chi connectivity index (χ4v) is 4.50. The minimum Gasteiger partial charge on any atom is -0.366 e. The summed E-state index contributed by atoms with van der Waals surface area (Å²) in [5, 5.41) is 2.94. The number of anilines is 3. The van der Waals surface area contributed by atoms with E-state index in [-0.39, 0.29) is 12.1 Å². The molecular formula is C23H23N7O. The van der Waals surface area contributed by atoms with Crippen molar-refractivity contribution in [3.8, 4) is 11.3 Å². The van der Waals surface area contributed by atoms with E-state index in [4.69, 9.17) is 4.98 Å². The number of amides is 2. The van der Waals surface area contributed by atoms with E-state index in [2.05, 4.69) is 31.2 Å². The Bertz CT molecular complexity index is 1160. The molecule has 2 amide bonds. The number of nitrogens with one attached hydrogen (secondary N) is 1. The Hall–Kier alpha value is -3.55. The average molecular weight is 413 g/mol. The van der Waals surface area contributed by atoms with Gasteiger partial charge in [-0.3, -0.25) is 20.2 Å². The first-order valence-corrected chi connectivity index (χ1v) is 10.8. The summed E-state index contributed by atoms with van der Waals surface area (Å²) in [4.78, 5) is 35.5. The second-order valence-corrected chi connectivity index (χ2v) is 8.51. The predicted octanol–water partition coefficient (Wildman–Crippen LogP) is 3.75. The maximum Gasteiger partial charge on any atom is 0.329 e. The number of hydrogen-bond acceptors (Lipinski definition) is 6. The lowest BCUT2D eigenvalue weighted by Gasteiger charge is -2.35. The zero-order chi connectivity index (χ0) is 20.9. The number of nitrogens with zero attached hydrogens (tertiary/aromatic N) is 6. The van der Waals surface area contributed by atoms with Gasteiger partial charge < -0.3 is 4.90 Å². The molecular weight excluding hydrogens is 390 g/mol. The van der Waals surface area contributed by atoms with Crippen LogP contribution in [0.25, 0.3) is 11.3 Å². The van der Waals surface area contributed by atoms with Crippen molar-refractivity contribution in [3.63, 3.8) is 0 Å². The molecule has 156 valence electrons. The van der Waals surface area contributed by atoms with E-state index in [1.165, 1.54) is 12.8 Å². The van der Waals surface area contributed by atoms with Crippen LogP contribution in [0.4, 0.5) is 22.1 Å². The summed E-state index contributed by atoms with van der Waals surface area (Å²) in [6, 6.07) is 7.92. The highest BCUT2D eigenvalue weighted by Crippen LogP contribution is 2.41. The highest BCUT2D eigenvalue weighted by atomic mass is 16.2. The number of rotatable bonds is 3. The molecule has 31 heavy (non-hydrogen) atoms. The topological polar surface area (TPSA) is 87.1 Å². The highest BCUT2D eigenvalue weighted by molar-refractivity contribution is 6.04. The molecule has 5 heterocycles. The molecule has 3 aliphatic rings. The third-order valence-electron chi connectivity index (χ3n) is 6.27. The molecule has 8 heteroatoms. The smallest absolute Gasteiger partial charge is 0.329 e. The van der Waals surface area contributed by atoms with Gasteiger partial charge in [-0.15, -0.1) is 0 Å². The summed E-state index contributed by atoms with van der Waals surface area (Å²) in [7, 11) is 0. The van der Waals surface area contributed by atoms with Crippen molar-refractivity contribution in [1.82, 2.24) is 19.9 Å². The number of aromatic nitrogens is 4. The van der Waals surface area contributed by atoms with Crippen molar-refractivity contribution in [2.45, 2.75) is 38.1 Å². The fourth-order valence-electron chi connectivity index (χ4n) is 4.50. The predicted molar refractivity (Wildman–Crippen MR) is 118 cm³/mol. The van der Waals surface area contributed by atoms with Gasteiger partial charge in [0.15, 0.2) is 11.6 Å². The van der Waals surface area contributed by atoms with Crippen LogP contribution in [0.1, 0.15) is 36.6 Å². The number of aryl methyl sites for hydroxylation is 1. The van der Waals surface area contributed by atoms with Crippen LogP contribution < -0.4 is 15.1 Å². The molecule has 1 atom stereocenters. The monoisotopic (exact) mass is 413 g/mol. The van der Waals surface area contributed by atoms with Gasteiger partial charge in [-0.1, -0.05) is 0 Å². The van der Waals surface area contributed by atoms with Gasteiger partial charge in [0, 0.05) is 36.5 Å². The molecule has 3 aromatic heterocycles. The first kappa shape index (κ1) is 18.2. The molecule has 1 aliphatic carbocycles. The number of carbonyl (C=O) groups excluding carboxylic acids is 1. The van der Waals surface area contributed by atoms with Gasteiger partial charge in [0.2, 0.25) is 0 Å². The average Bonchev–Trinajstić information content (AvgIpc) is 3.55. The summed E-state index contributed by atoms with van der Waals surface area (Å²) in [5.74, 6) is 1.70. The van der Waals surface area contributed by atoms with Gasteiger partial charge in [-0.05, 0) is 50.5 Å². The second kappa shape index (κ2) is 7.01. The standard InChI is InChI=1S/C23H23N7O/c1-14-10-16(6-8-24-14)18-4-5-20-22(27-18)30(17-7-9-29(20)13-17)23(31)28-21-12-25-19(11-26-21)15-2-3-15/h4-6,8,10-12,15,17H,2-3,7,9,13H2,1H3,(H,26,28,31). The Kier molecular flexibility index (Phi) is 4.12. The van der Waals surface area contributed by atoms with Crippen molar-refractivity contribution in [3.05, 3.63) is 54.2 Å². The van der Waals surface area contributed by atoms with Crippen LogP contribution in [0.15, 0.2) is 42.9 Å². The van der Waals surface area contributed by atoms with E-state index in [1.54, 1.807) is 23.5 Å². The molecule has 0 aromatic carbocycles. The van der Waals surface area contributed by atoms with Crippen molar-refractivity contribution < 1.29 is 4.79 Å². The Balaban J connectivity index is 1.33. The molecule has 2 fully saturated rings. The summed E-state index contributed by atoms with van der Waals surface area (Å²) in [6.45, 7) is 3.71. The molecule has 1 saturated heterocycles. The maximum atomic E-state index is 13.3. The molecule has 1 unspecified atom stereocenters. The first-order valence-electron chi connectivity index (χ1n) is 10.8. The van der Waals surface area contributed by atoms with E-state index < -0.39 is 0 Å². The lowest BCUT2D eigenvalue weighted by molar-refractivity contribution is 0.254. The summed E-state index contributed by atoms with van der Waals surface area (Å²) in [5.41, 5.74) is 4.76. The van der Waals surface area contributed by atoms with Gasteiger partial charge >= 0.3 is 6.03 Å². The maximum absolute atomic E-state index is 13.3. The van der Waals surface area contributed by atoms with E-state index in [1.807, 2.05) is 25.1 Å². The van der Waals surface area contributed by atoms with Gasteiger partial charge in [0.05, 0.1) is 35.5 Å². The Morgan fingerprint density at radius 3 is 2.77 bits per heavy atom. The lowest BCUT2D eigenvalue weighted by atomic mass is 10.1. The SMILES string of the molecule is Cc1cc(-c2ccc3c(n2)N(C(=O)Nc2cnc(C4CC4)cn2)C2CCN3C2)ccn1. The minimum absolute atomic E-state index is 0.0909. The zero-order valence-corrected chi connectivity index (χ0v) is 17.3. The molecule has 0 spiro atoms. The number of urea groups is 1. The van der Waals surface area contributed by atoms with Crippen molar-refractivity contribution in [2.75, 3.05) is 28.2 Å². The quantitative estimate of drug-likeness (QED) is 0.704. The minimum atomic E-state index is -0.211. The van der Waals surface area contributed by atoms with E-state index in [0.29, 0.717) is 17.6 Å². The number of carbonyl (C=O) groups is 1. The normalized spacial score (nSPS) is 19.3. The Labute approximate surface area is 180 Å². The molecule has 1 N–H and O–H groups in total. The third kappa shape index (κ3) is 3.28. The van der Waals surface area contributed by atoms with Crippen LogP contribution in [0, 0.1) is 6.92 Å². The van der Waals surface area contributed by atoms with Crippen molar-refractivity contribution in [2.24, 2.45) is 0 Å². The van der Waals surface area contributed by atoms with Gasteiger partial charge in [-0.2, -0.15) is 0 Å². The van der Waals surface area contributed by atoms with Crippen LogP contribution in [0.5, 0.6) is 0 Å². The lowest BCUT2D eigenvalue weighted by Crippen LogP contribution is -2.48. The number of pyridine rings is 2. The Morgan fingerprint density at radius 1 is 1.10 bits per heavy atom. The molecule has 2 bridgehead atoms. The van der Waals surface area contributed by atoms with E-state index >= 15 is 0 Å². The second-order valence-electron chi connectivity index (χ2n) is 8.51. The van der Waals surface area contributed by atoms with Gasteiger partial charge in [0.25, 0.3) is 0 Å². The third-order valence-corrected chi connectivity index (χ3v) is 6.27. The van der Waals surface area contributed by atoms with Crippen LogP contribution in [0.2, 0.25) is 0 Å². The molecule has 1 saturated carbocycles. The van der Waals surface area contributed by atoms with E-state index in [9.17, 15) is 4.79 Å². The van der Waals surface area contributed by atoms with Crippen molar-refractivity contribution >= 4 is 23.4 Å². The first-order chi connectivity index (χ1) is 15.2. The number of fused-ring (bicyclic) bond motifs is 4. The van der Waals surface area contributed by atoms with Crippen LogP contribution in [-0.4, -0.2) is 45.1 Å². The number of hydrogen-bond donors (Lipinski definition) is 1. The van der Waals surface area contributed by atoms with Crippen molar-refractivity contribution in [1.29, 1.82) is 0 Å². The van der Waals surface area contributed by atoms with Gasteiger partial charge in [-0.25, -0.2) is 14.8 Å². The summed E-state index contributed by atoms with van der Waals surface area (Å²) >= 11 is 0. The van der Waals surface area contributed by atoms with E-state index in [0.717, 1.165) is 47.8 Å². The molecule has 0 radical (unpaired) electrons. The molecule has 2 aliphatic heterocycles. The fraction of sp³-hybridized carbons (Fsp3) is 0.348. The molecule has 6 rings (SSSR count). The summed E-state index contributed by atoms with van der Waals surface area (Å²) < 4.78 is 0. The summed E-state index contributed by atoms with van der Waals surface area (Å²) in [6.07, 6.45) is 8.48. The highest BCUT2D eigenvalue weighted by Gasteiger charge is 2.40. The zero-order valence-electron chi connectivity index (χ0n) is 17.3. The largest absolute Gasteiger partial charge is 0.366 e. The van der Waals surface area contributed by atoms with Gasteiger partial charge in [0.1, 0.15) is 0 Å². The van der Waals surface area contributed by atoms with Crippen LogP contribution >= 0.6 is 0 Å². The Morgan fingerprint density at radius 2 is 2.00 bits per heavy atom. The molecule has 8 nitrogen and oxygen atoms in total. The van der Waals surface area contributed by atoms with Crippen LogP contribution in [-0.2, 0) is 0 Å². The molecule has 3 aromatic rings.